The lowest BCUT2D eigenvalue weighted by molar-refractivity contribution is -0.387. The highest BCUT2D eigenvalue weighted by molar-refractivity contribution is 5.37. The maximum atomic E-state index is 13.1. The van der Waals surface area contributed by atoms with Crippen molar-refractivity contribution in [1.29, 1.82) is 0 Å². The first-order valence-electron chi connectivity index (χ1n) is 4.62. The molecule has 0 atom stereocenters. The number of nitrogens with zero attached hydrogens (tertiary/aromatic N) is 1. The van der Waals surface area contributed by atoms with Gasteiger partial charge in [0.25, 0.3) is 0 Å². The van der Waals surface area contributed by atoms with Crippen LogP contribution in [0.5, 0.6) is 0 Å². The minimum Gasteiger partial charge on any atom is -0.325 e. The Morgan fingerprint density at radius 1 is 1.44 bits per heavy atom. The van der Waals surface area contributed by atoms with Crippen molar-refractivity contribution in [3.8, 4) is 0 Å². The third kappa shape index (κ3) is 2.96. The van der Waals surface area contributed by atoms with Crippen molar-refractivity contribution in [3.05, 3.63) is 39.4 Å². The largest absolute Gasteiger partial charge is 0.325 e. The van der Waals surface area contributed by atoms with Crippen LogP contribution in [0, 0.1) is 21.7 Å². The number of hydrogen-bond donors (Lipinski definition) is 1. The number of benzene rings is 1. The summed E-state index contributed by atoms with van der Waals surface area (Å²) in [6.07, 6.45) is 0.227. The molecule has 0 fully saturated rings. The molecule has 1 aromatic carbocycles. The van der Waals surface area contributed by atoms with Crippen LogP contribution in [0.1, 0.15) is 19.4 Å². The molecule has 16 heavy (non-hydrogen) atoms. The van der Waals surface area contributed by atoms with Gasteiger partial charge in [-0.3, -0.25) is 10.1 Å². The summed E-state index contributed by atoms with van der Waals surface area (Å²) in [5.74, 6) is -2.67. The molecule has 0 radical (unpaired) electrons. The maximum Gasteiger partial charge on any atom is 0.308 e. The van der Waals surface area contributed by atoms with Crippen molar-refractivity contribution in [1.82, 2.24) is 0 Å². The Morgan fingerprint density at radius 2 is 2.00 bits per heavy atom. The molecule has 0 aromatic heterocycles. The highest BCUT2D eigenvalue weighted by Crippen LogP contribution is 2.23. The Labute approximate surface area is 91.2 Å². The lowest BCUT2D eigenvalue weighted by atomic mass is 9.96. The summed E-state index contributed by atoms with van der Waals surface area (Å²) in [4.78, 5) is 9.51. The van der Waals surface area contributed by atoms with Gasteiger partial charge in [0.1, 0.15) is 0 Å². The van der Waals surface area contributed by atoms with Crippen LogP contribution in [-0.2, 0) is 6.42 Å². The van der Waals surface area contributed by atoms with Gasteiger partial charge in [-0.2, -0.15) is 4.39 Å². The molecule has 0 aliphatic heterocycles. The van der Waals surface area contributed by atoms with E-state index in [0.717, 1.165) is 12.1 Å². The van der Waals surface area contributed by atoms with Crippen molar-refractivity contribution >= 4 is 5.69 Å². The van der Waals surface area contributed by atoms with Gasteiger partial charge >= 0.3 is 5.69 Å². The zero-order valence-electron chi connectivity index (χ0n) is 8.96. The third-order valence-electron chi connectivity index (χ3n) is 1.93. The summed E-state index contributed by atoms with van der Waals surface area (Å²) in [6.45, 7) is 3.39. The zero-order chi connectivity index (χ0) is 12.5. The van der Waals surface area contributed by atoms with E-state index >= 15 is 0 Å². The second-order valence-corrected chi connectivity index (χ2v) is 4.33. The van der Waals surface area contributed by atoms with Crippen molar-refractivity contribution in [2.45, 2.75) is 25.8 Å². The number of nitrogens with two attached hydrogens (primary N) is 1. The van der Waals surface area contributed by atoms with E-state index in [1.807, 2.05) is 0 Å². The quantitative estimate of drug-likeness (QED) is 0.639. The fraction of sp³-hybridized carbons (Fsp3) is 0.400. The first-order valence-corrected chi connectivity index (χ1v) is 4.62. The average Bonchev–Trinajstić information content (AvgIpc) is 2.07. The minimum atomic E-state index is -1.44. The zero-order valence-corrected chi connectivity index (χ0v) is 8.96. The molecule has 0 aliphatic carbocycles. The molecule has 0 saturated carbocycles. The molecule has 0 heterocycles. The van der Waals surface area contributed by atoms with Crippen molar-refractivity contribution in [2.24, 2.45) is 5.73 Å². The summed E-state index contributed by atoms with van der Waals surface area (Å²) < 4.78 is 26.1. The molecule has 1 rings (SSSR count). The standard InChI is InChI=1S/C10H12F2N2O2/c1-10(2,13)5-6-3-7(11)9(12)8(4-6)14(15)16/h3-4H,5,13H2,1-2H3. The van der Waals surface area contributed by atoms with Crippen LogP contribution in [0.3, 0.4) is 0 Å². The first-order chi connectivity index (χ1) is 7.20. The smallest absolute Gasteiger partial charge is 0.308 e. The summed E-state index contributed by atoms with van der Waals surface area (Å²) >= 11 is 0. The molecule has 88 valence electrons. The van der Waals surface area contributed by atoms with Gasteiger partial charge in [0.15, 0.2) is 5.82 Å². The number of nitro groups is 1. The highest BCUT2D eigenvalue weighted by Gasteiger charge is 2.22. The van der Waals surface area contributed by atoms with Gasteiger partial charge in [0, 0.05) is 11.6 Å². The predicted molar refractivity (Wildman–Crippen MR) is 55.0 cm³/mol. The maximum absolute atomic E-state index is 13.1. The van der Waals surface area contributed by atoms with Gasteiger partial charge in [-0.15, -0.1) is 0 Å². The molecule has 0 spiro atoms. The van der Waals surface area contributed by atoms with Crippen molar-refractivity contribution in [2.75, 3.05) is 0 Å². The topological polar surface area (TPSA) is 69.2 Å². The Hall–Kier alpha value is -1.56. The molecule has 0 bridgehead atoms. The van der Waals surface area contributed by atoms with E-state index in [2.05, 4.69) is 0 Å². The second kappa shape index (κ2) is 4.13. The Morgan fingerprint density at radius 3 is 2.44 bits per heavy atom. The van der Waals surface area contributed by atoms with Gasteiger partial charge in [-0.05, 0) is 31.9 Å². The molecule has 0 aliphatic rings. The second-order valence-electron chi connectivity index (χ2n) is 4.33. The van der Waals surface area contributed by atoms with Crippen LogP contribution in [0.25, 0.3) is 0 Å². The van der Waals surface area contributed by atoms with E-state index in [4.69, 9.17) is 5.73 Å². The van der Waals surface area contributed by atoms with Crippen molar-refractivity contribution < 1.29 is 13.7 Å². The lowest BCUT2D eigenvalue weighted by Gasteiger charge is -2.18. The fourth-order valence-electron chi connectivity index (χ4n) is 1.39. The number of halogens is 2. The Balaban J connectivity index is 3.19. The van der Waals surface area contributed by atoms with Crippen LogP contribution >= 0.6 is 0 Å². The normalized spacial score (nSPS) is 11.6. The van der Waals surface area contributed by atoms with E-state index in [1.165, 1.54) is 0 Å². The number of hydrogen-bond acceptors (Lipinski definition) is 3. The Bertz CT molecular complexity index is 428. The molecule has 0 unspecified atom stereocenters. The van der Waals surface area contributed by atoms with Crippen LogP contribution in [0.4, 0.5) is 14.5 Å². The average molecular weight is 230 g/mol. The van der Waals surface area contributed by atoms with Gasteiger partial charge in [0.2, 0.25) is 5.82 Å². The van der Waals surface area contributed by atoms with Gasteiger partial charge in [0.05, 0.1) is 4.92 Å². The van der Waals surface area contributed by atoms with Crippen LogP contribution in [0.2, 0.25) is 0 Å². The number of nitro benzene ring substituents is 1. The Kier molecular flexibility index (Phi) is 3.23. The first kappa shape index (κ1) is 12.5. The van der Waals surface area contributed by atoms with E-state index in [0.29, 0.717) is 5.56 Å². The molecule has 0 amide bonds. The van der Waals surface area contributed by atoms with Gasteiger partial charge in [-0.1, -0.05) is 0 Å². The minimum absolute atomic E-state index is 0.227. The van der Waals surface area contributed by atoms with Crippen LogP contribution < -0.4 is 5.73 Å². The lowest BCUT2D eigenvalue weighted by Crippen LogP contribution is -2.34. The van der Waals surface area contributed by atoms with Gasteiger partial charge < -0.3 is 5.73 Å². The van der Waals surface area contributed by atoms with Gasteiger partial charge in [-0.25, -0.2) is 4.39 Å². The SMILES string of the molecule is CC(C)(N)Cc1cc(F)c(F)c([N+](=O)[O-])c1. The van der Waals surface area contributed by atoms with E-state index in [-0.39, 0.29) is 6.42 Å². The van der Waals surface area contributed by atoms with E-state index in [1.54, 1.807) is 13.8 Å². The summed E-state index contributed by atoms with van der Waals surface area (Å²) in [6, 6.07) is 1.93. The molecule has 1 aromatic rings. The summed E-state index contributed by atoms with van der Waals surface area (Å²) in [7, 11) is 0. The molecule has 4 nitrogen and oxygen atoms in total. The van der Waals surface area contributed by atoms with Crippen LogP contribution in [-0.4, -0.2) is 10.5 Å². The third-order valence-corrected chi connectivity index (χ3v) is 1.93. The predicted octanol–water partition coefficient (Wildman–Crippen LogP) is 2.15. The molecule has 6 heteroatoms. The van der Waals surface area contributed by atoms with E-state index in [9.17, 15) is 18.9 Å². The van der Waals surface area contributed by atoms with Crippen molar-refractivity contribution in [3.63, 3.8) is 0 Å². The molecular weight excluding hydrogens is 218 g/mol. The molecule has 0 saturated heterocycles. The molecular formula is C10H12F2N2O2. The highest BCUT2D eigenvalue weighted by atomic mass is 19.2. The summed E-state index contributed by atoms with van der Waals surface area (Å²) in [5.41, 5.74) is 4.50. The number of rotatable bonds is 3. The monoisotopic (exact) mass is 230 g/mol. The van der Waals surface area contributed by atoms with Crippen LogP contribution in [0.15, 0.2) is 12.1 Å². The van der Waals surface area contributed by atoms with E-state index < -0.39 is 27.8 Å². The fourth-order valence-corrected chi connectivity index (χ4v) is 1.39. The summed E-state index contributed by atoms with van der Waals surface area (Å²) in [5, 5.41) is 10.5. The molecule has 2 N–H and O–H groups in total.